The number of morpholine rings is 1. The van der Waals surface area contributed by atoms with Gasteiger partial charge in [0.05, 0.1) is 24.4 Å². The molecule has 0 saturated carbocycles. The lowest BCUT2D eigenvalue weighted by atomic mass is 9.73. The second-order valence-corrected chi connectivity index (χ2v) is 10.5. The van der Waals surface area contributed by atoms with Crippen LogP contribution < -0.4 is 0 Å². The van der Waals surface area contributed by atoms with E-state index in [-0.39, 0.29) is 18.1 Å². The summed E-state index contributed by atoms with van der Waals surface area (Å²) in [7, 11) is 0. The van der Waals surface area contributed by atoms with Crippen LogP contribution in [0.15, 0.2) is 42.1 Å². The average molecular weight is 516 g/mol. The summed E-state index contributed by atoms with van der Waals surface area (Å²) in [4.78, 5) is 31.4. The largest absolute Gasteiger partial charge is 0.370 e. The monoisotopic (exact) mass is 515 g/mol. The summed E-state index contributed by atoms with van der Waals surface area (Å²) in [6.45, 7) is 4.91. The summed E-state index contributed by atoms with van der Waals surface area (Å²) in [5, 5.41) is 22.6. The van der Waals surface area contributed by atoms with Crippen LogP contribution in [0.2, 0.25) is 0 Å². The third-order valence-electron chi connectivity index (χ3n) is 7.71. The standard InChI is InChI=1S/C26H25N7O3S/c1-17-21(14-37-24(17)10-27)23-12-31-7-8-32(11-20(31)13-36-23)25(35)26(15-34)6-2-3-18-9-19(4-5-22(18)26)33-16-28-29-30-33/h2,4-6,9,14-16,20,23H,3,7-8,11-13H2,1H3/t20-,23+,26?/m0/s1. The van der Waals surface area contributed by atoms with E-state index in [1.165, 1.54) is 17.7 Å². The summed E-state index contributed by atoms with van der Waals surface area (Å²) in [6, 6.07) is 7.90. The predicted molar refractivity (Wildman–Crippen MR) is 134 cm³/mol. The number of thiophene rings is 1. The van der Waals surface area contributed by atoms with E-state index in [2.05, 4.69) is 26.5 Å². The Morgan fingerprint density at radius 1 is 1.32 bits per heavy atom. The number of nitriles is 1. The van der Waals surface area contributed by atoms with E-state index in [4.69, 9.17) is 4.74 Å². The van der Waals surface area contributed by atoms with E-state index in [1.807, 2.05) is 36.6 Å². The Kier molecular flexibility index (Phi) is 5.95. The van der Waals surface area contributed by atoms with Crippen molar-refractivity contribution in [1.29, 1.82) is 5.26 Å². The molecule has 2 aliphatic heterocycles. The van der Waals surface area contributed by atoms with Crippen molar-refractivity contribution in [3.8, 4) is 11.8 Å². The molecule has 11 heteroatoms. The molecule has 1 aliphatic carbocycles. The molecule has 2 saturated heterocycles. The van der Waals surface area contributed by atoms with Crippen molar-refractivity contribution in [2.45, 2.75) is 30.9 Å². The second kappa shape index (κ2) is 9.30. The van der Waals surface area contributed by atoms with E-state index in [0.29, 0.717) is 38.2 Å². The highest BCUT2D eigenvalue weighted by Gasteiger charge is 2.46. The summed E-state index contributed by atoms with van der Waals surface area (Å²) in [6.07, 6.45) is 6.45. The number of ether oxygens (including phenoxy) is 1. The number of aldehydes is 1. The molecule has 1 aromatic carbocycles. The number of piperazine rings is 1. The van der Waals surface area contributed by atoms with Gasteiger partial charge in [-0.05, 0) is 63.5 Å². The minimum atomic E-state index is -1.35. The first-order chi connectivity index (χ1) is 18.0. The molecular weight excluding hydrogens is 490 g/mol. The maximum absolute atomic E-state index is 13.9. The van der Waals surface area contributed by atoms with E-state index in [9.17, 15) is 14.9 Å². The van der Waals surface area contributed by atoms with Gasteiger partial charge in [0.1, 0.15) is 29.0 Å². The number of fused-ring (bicyclic) bond motifs is 2. The van der Waals surface area contributed by atoms with Crippen LogP contribution in [0.25, 0.3) is 5.69 Å². The third kappa shape index (κ3) is 3.89. The molecule has 0 N–H and O–H groups in total. The molecule has 1 amide bonds. The van der Waals surface area contributed by atoms with Crippen LogP contribution in [0.4, 0.5) is 0 Å². The van der Waals surface area contributed by atoms with E-state index < -0.39 is 5.41 Å². The van der Waals surface area contributed by atoms with Crippen LogP contribution in [-0.4, -0.2) is 81.0 Å². The molecule has 0 spiro atoms. The number of benzene rings is 1. The van der Waals surface area contributed by atoms with Crippen molar-refractivity contribution < 1.29 is 14.3 Å². The summed E-state index contributed by atoms with van der Waals surface area (Å²) >= 11 is 1.45. The summed E-state index contributed by atoms with van der Waals surface area (Å²) in [5.41, 5.74) is 3.09. The first-order valence-corrected chi connectivity index (χ1v) is 13.1. The van der Waals surface area contributed by atoms with Crippen molar-refractivity contribution >= 4 is 23.5 Å². The lowest BCUT2D eigenvalue weighted by Crippen LogP contribution is -2.62. The van der Waals surface area contributed by atoms with Gasteiger partial charge in [0.2, 0.25) is 5.91 Å². The zero-order chi connectivity index (χ0) is 25.6. The lowest BCUT2D eigenvalue weighted by molar-refractivity contribution is -0.145. The summed E-state index contributed by atoms with van der Waals surface area (Å²) in [5.74, 6) is -0.205. The number of hydrogen-bond donors (Lipinski definition) is 0. The third-order valence-corrected chi connectivity index (χ3v) is 8.72. The van der Waals surface area contributed by atoms with Gasteiger partial charge in [-0.2, -0.15) is 5.26 Å². The molecule has 37 heavy (non-hydrogen) atoms. The van der Waals surface area contributed by atoms with E-state index >= 15 is 0 Å². The number of nitrogens with zero attached hydrogens (tertiary/aromatic N) is 7. The van der Waals surface area contributed by atoms with Gasteiger partial charge in [-0.1, -0.05) is 18.2 Å². The number of amides is 1. The number of tetrazole rings is 1. The molecule has 1 unspecified atom stereocenters. The van der Waals surface area contributed by atoms with Gasteiger partial charge >= 0.3 is 0 Å². The van der Waals surface area contributed by atoms with Gasteiger partial charge in [-0.3, -0.25) is 9.69 Å². The Hall–Kier alpha value is -3.72. The van der Waals surface area contributed by atoms with Gasteiger partial charge in [-0.15, -0.1) is 16.4 Å². The van der Waals surface area contributed by atoms with E-state index in [0.717, 1.165) is 40.1 Å². The Morgan fingerprint density at radius 3 is 2.97 bits per heavy atom. The quantitative estimate of drug-likeness (QED) is 0.293. The van der Waals surface area contributed by atoms with Crippen molar-refractivity contribution in [2.24, 2.45) is 0 Å². The minimum Gasteiger partial charge on any atom is -0.370 e. The SMILES string of the molecule is Cc1c([C@H]2CN3CCN(C(=O)C4(C=O)C=CCc5cc(-n6cnnn6)ccc54)C[C@H]3CO2)csc1C#N. The molecule has 2 fully saturated rings. The van der Waals surface area contributed by atoms with Crippen molar-refractivity contribution in [1.82, 2.24) is 30.0 Å². The van der Waals surface area contributed by atoms with Crippen molar-refractivity contribution in [3.05, 3.63) is 69.2 Å². The number of allylic oxidation sites excluding steroid dienone is 1. The molecule has 6 rings (SSSR count). The van der Waals surface area contributed by atoms with Crippen molar-refractivity contribution in [3.63, 3.8) is 0 Å². The lowest BCUT2D eigenvalue weighted by Gasteiger charge is -2.47. The Bertz CT molecular complexity index is 1430. The summed E-state index contributed by atoms with van der Waals surface area (Å²) < 4.78 is 7.77. The highest BCUT2D eigenvalue weighted by Crippen LogP contribution is 2.37. The Labute approximate surface area is 217 Å². The zero-order valence-corrected chi connectivity index (χ0v) is 21.1. The fourth-order valence-electron chi connectivity index (χ4n) is 5.65. The highest BCUT2D eigenvalue weighted by molar-refractivity contribution is 7.10. The van der Waals surface area contributed by atoms with E-state index in [1.54, 1.807) is 15.7 Å². The van der Waals surface area contributed by atoms with Crippen LogP contribution >= 0.6 is 11.3 Å². The maximum atomic E-state index is 13.9. The minimum absolute atomic E-state index is 0.0567. The maximum Gasteiger partial charge on any atom is 0.244 e. The molecule has 3 aromatic rings. The molecule has 3 aliphatic rings. The van der Waals surface area contributed by atoms with Crippen molar-refractivity contribution in [2.75, 3.05) is 32.8 Å². The fraction of sp³-hybridized carbons (Fsp3) is 0.385. The van der Waals surface area contributed by atoms with Gasteiger partial charge in [0.15, 0.2) is 0 Å². The van der Waals surface area contributed by atoms with Crippen LogP contribution in [0.5, 0.6) is 0 Å². The molecule has 0 radical (unpaired) electrons. The molecule has 10 nitrogen and oxygen atoms in total. The first kappa shape index (κ1) is 23.7. The Morgan fingerprint density at radius 2 is 2.22 bits per heavy atom. The molecule has 188 valence electrons. The van der Waals surface area contributed by atoms with Crippen LogP contribution in [0.1, 0.15) is 33.2 Å². The number of carbonyl (C=O) groups excluding carboxylic acids is 2. The topological polar surface area (TPSA) is 117 Å². The highest BCUT2D eigenvalue weighted by atomic mass is 32.1. The normalized spacial score (nSPS) is 25.2. The Balaban J connectivity index is 1.20. The zero-order valence-electron chi connectivity index (χ0n) is 20.3. The van der Waals surface area contributed by atoms with Gasteiger partial charge < -0.3 is 14.4 Å². The number of aromatic nitrogens is 4. The van der Waals surface area contributed by atoms with Crippen LogP contribution in [-0.2, 0) is 26.2 Å². The van der Waals surface area contributed by atoms with Gasteiger partial charge in [0, 0.05) is 26.2 Å². The smallest absolute Gasteiger partial charge is 0.244 e. The predicted octanol–water partition coefficient (Wildman–Crippen LogP) is 1.74. The van der Waals surface area contributed by atoms with Gasteiger partial charge in [-0.25, -0.2) is 4.68 Å². The fourth-order valence-corrected chi connectivity index (χ4v) is 6.57. The average Bonchev–Trinajstić information content (AvgIpc) is 3.61. The molecule has 0 bridgehead atoms. The number of carbonyl (C=O) groups is 2. The second-order valence-electron chi connectivity index (χ2n) is 9.67. The molecule has 2 aromatic heterocycles. The van der Waals surface area contributed by atoms with Gasteiger partial charge in [0.25, 0.3) is 0 Å². The first-order valence-electron chi connectivity index (χ1n) is 12.2. The van der Waals surface area contributed by atoms with Crippen LogP contribution in [0.3, 0.4) is 0 Å². The molecule has 3 atom stereocenters. The molecular formula is C26H25N7O3S. The number of rotatable bonds is 4. The molecule has 4 heterocycles. The van der Waals surface area contributed by atoms with Crippen LogP contribution in [0, 0.1) is 18.3 Å². The number of hydrogen-bond acceptors (Lipinski definition) is 9.